The molecule has 0 aromatic heterocycles. The van der Waals surface area contributed by atoms with Gasteiger partial charge in [-0.2, -0.15) is 0 Å². The van der Waals surface area contributed by atoms with Crippen molar-refractivity contribution in [2.45, 2.75) is 18.9 Å². The lowest BCUT2D eigenvalue weighted by atomic mass is 10.0. The zero-order valence-electron chi connectivity index (χ0n) is 13.9. The number of rotatable bonds is 3. The molecule has 1 aliphatic rings. The quantitative estimate of drug-likeness (QED) is 0.909. The first kappa shape index (κ1) is 16.3. The van der Waals surface area contributed by atoms with Crippen molar-refractivity contribution in [3.63, 3.8) is 0 Å². The van der Waals surface area contributed by atoms with Crippen LogP contribution in [0.3, 0.4) is 0 Å². The van der Waals surface area contributed by atoms with Gasteiger partial charge in [0.25, 0.3) is 0 Å². The number of carbonyl (C=O) groups excluding carboxylic acids is 1. The summed E-state index contributed by atoms with van der Waals surface area (Å²) in [5.74, 6) is 0.788. The van der Waals surface area contributed by atoms with Crippen LogP contribution < -0.4 is 15.8 Å². The molecule has 0 aliphatic carbocycles. The third kappa shape index (κ3) is 3.68. The van der Waals surface area contributed by atoms with Crippen molar-refractivity contribution in [1.82, 2.24) is 4.90 Å². The highest BCUT2D eigenvalue weighted by molar-refractivity contribution is 5.94. The summed E-state index contributed by atoms with van der Waals surface area (Å²) in [6.45, 7) is 1.36. The van der Waals surface area contributed by atoms with Crippen LogP contribution in [0.4, 0.5) is 10.5 Å². The smallest absolute Gasteiger partial charge is 0.321 e. The first-order valence-corrected chi connectivity index (χ1v) is 8.22. The first-order chi connectivity index (χ1) is 11.7. The van der Waals surface area contributed by atoms with E-state index in [4.69, 9.17) is 10.5 Å². The minimum absolute atomic E-state index is 0.0677. The van der Waals surface area contributed by atoms with E-state index in [-0.39, 0.29) is 12.1 Å². The van der Waals surface area contributed by atoms with Gasteiger partial charge in [0.1, 0.15) is 5.75 Å². The van der Waals surface area contributed by atoms with Gasteiger partial charge in [0.05, 0.1) is 12.8 Å². The van der Waals surface area contributed by atoms with Crippen molar-refractivity contribution in [2.75, 3.05) is 25.5 Å². The fourth-order valence-corrected chi connectivity index (χ4v) is 3.02. The Kier molecular flexibility index (Phi) is 5.01. The molecule has 5 heteroatoms. The number of urea groups is 1. The highest BCUT2D eigenvalue weighted by Crippen LogP contribution is 2.30. The summed E-state index contributed by atoms with van der Waals surface area (Å²) < 4.78 is 5.29. The van der Waals surface area contributed by atoms with E-state index < -0.39 is 0 Å². The average Bonchev–Trinajstić information content (AvgIpc) is 2.62. The molecular formula is C19H23N3O2. The van der Waals surface area contributed by atoms with Gasteiger partial charge in [-0.3, -0.25) is 0 Å². The van der Waals surface area contributed by atoms with Crippen molar-refractivity contribution < 1.29 is 9.53 Å². The third-order valence-electron chi connectivity index (χ3n) is 4.29. The van der Waals surface area contributed by atoms with Crippen LogP contribution in [0.15, 0.2) is 48.5 Å². The molecule has 0 saturated carbocycles. The predicted octanol–water partition coefficient (Wildman–Crippen LogP) is 3.32. The molecule has 2 aromatic carbocycles. The maximum absolute atomic E-state index is 12.6. The Morgan fingerprint density at radius 1 is 1.25 bits per heavy atom. The van der Waals surface area contributed by atoms with Gasteiger partial charge in [-0.05, 0) is 36.6 Å². The highest BCUT2D eigenvalue weighted by atomic mass is 16.5. The van der Waals surface area contributed by atoms with Gasteiger partial charge >= 0.3 is 6.03 Å². The Labute approximate surface area is 142 Å². The van der Waals surface area contributed by atoms with E-state index in [9.17, 15) is 4.79 Å². The second-order valence-corrected chi connectivity index (χ2v) is 6.06. The molecule has 0 radical (unpaired) electrons. The van der Waals surface area contributed by atoms with Gasteiger partial charge in [0, 0.05) is 24.7 Å². The van der Waals surface area contributed by atoms with Gasteiger partial charge in [0.15, 0.2) is 0 Å². The normalized spacial score (nSPS) is 17.4. The SMILES string of the molecule is COc1cccc(-c2ccccc2NC(=O)N2CCC[C@@H](N)C2)c1. The number of nitrogens with one attached hydrogen (secondary N) is 1. The molecule has 3 rings (SSSR count). The molecule has 1 saturated heterocycles. The Bertz CT molecular complexity index is 717. The van der Waals surface area contributed by atoms with Crippen LogP contribution in [-0.4, -0.2) is 37.2 Å². The average molecular weight is 325 g/mol. The van der Waals surface area contributed by atoms with Crippen LogP contribution in [0.5, 0.6) is 5.75 Å². The number of hydrogen-bond acceptors (Lipinski definition) is 3. The van der Waals surface area contributed by atoms with Crippen molar-refractivity contribution in [1.29, 1.82) is 0 Å². The van der Waals surface area contributed by atoms with Crippen molar-refractivity contribution in [2.24, 2.45) is 5.73 Å². The van der Waals surface area contributed by atoms with Crippen LogP contribution in [0, 0.1) is 0 Å². The van der Waals surface area contributed by atoms with Crippen LogP contribution in [0.2, 0.25) is 0 Å². The minimum atomic E-state index is -0.0968. The van der Waals surface area contributed by atoms with Crippen molar-refractivity contribution in [3.05, 3.63) is 48.5 Å². The van der Waals surface area contributed by atoms with Crippen LogP contribution >= 0.6 is 0 Å². The number of nitrogens with two attached hydrogens (primary N) is 1. The molecule has 1 fully saturated rings. The van der Waals surface area contributed by atoms with Gasteiger partial charge < -0.3 is 20.7 Å². The van der Waals surface area contributed by atoms with Crippen LogP contribution in [-0.2, 0) is 0 Å². The summed E-state index contributed by atoms with van der Waals surface area (Å²) in [5, 5.41) is 3.03. The fraction of sp³-hybridized carbons (Fsp3) is 0.316. The molecule has 2 amide bonds. The lowest BCUT2D eigenvalue weighted by Crippen LogP contribution is -2.47. The van der Waals surface area contributed by atoms with Gasteiger partial charge in [-0.1, -0.05) is 30.3 Å². The predicted molar refractivity (Wildman–Crippen MR) is 96.2 cm³/mol. The highest BCUT2D eigenvalue weighted by Gasteiger charge is 2.21. The first-order valence-electron chi connectivity index (χ1n) is 8.22. The number of likely N-dealkylation sites (tertiary alicyclic amines) is 1. The number of piperidine rings is 1. The molecule has 24 heavy (non-hydrogen) atoms. The number of nitrogens with zero attached hydrogens (tertiary/aromatic N) is 1. The van der Waals surface area contributed by atoms with E-state index in [1.54, 1.807) is 12.0 Å². The zero-order valence-corrected chi connectivity index (χ0v) is 13.9. The van der Waals surface area contributed by atoms with Crippen LogP contribution in [0.1, 0.15) is 12.8 Å². The van der Waals surface area contributed by atoms with Crippen LogP contribution in [0.25, 0.3) is 11.1 Å². The molecule has 5 nitrogen and oxygen atoms in total. The van der Waals surface area contributed by atoms with E-state index in [2.05, 4.69) is 5.32 Å². The lowest BCUT2D eigenvalue weighted by molar-refractivity contribution is 0.193. The Morgan fingerprint density at radius 2 is 2.08 bits per heavy atom. The summed E-state index contributed by atoms with van der Waals surface area (Å²) >= 11 is 0. The molecule has 0 spiro atoms. The molecule has 2 aromatic rings. The minimum Gasteiger partial charge on any atom is -0.497 e. The lowest BCUT2D eigenvalue weighted by Gasteiger charge is -2.31. The number of carbonyl (C=O) groups is 1. The summed E-state index contributed by atoms with van der Waals surface area (Å²) in [5.41, 5.74) is 8.73. The number of methoxy groups -OCH3 is 1. The number of para-hydroxylation sites is 1. The summed E-state index contributed by atoms with van der Waals surface area (Å²) in [6.07, 6.45) is 1.93. The number of benzene rings is 2. The van der Waals surface area contributed by atoms with Gasteiger partial charge in [-0.25, -0.2) is 4.79 Å². The second-order valence-electron chi connectivity index (χ2n) is 6.06. The maximum atomic E-state index is 12.6. The third-order valence-corrected chi connectivity index (χ3v) is 4.29. The molecular weight excluding hydrogens is 302 g/mol. The maximum Gasteiger partial charge on any atom is 0.321 e. The zero-order chi connectivity index (χ0) is 16.9. The topological polar surface area (TPSA) is 67.6 Å². The molecule has 3 N–H and O–H groups in total. The van der Waals surface area contributed by atoms with E-state index in [0.717, 1.165) is 42.0 Å². The second kappa shape index (κ2) is 7.36. The van der Waals surface area contributed by atoms with E-state index in [0.29, 0.717) is 6.54 Å². The molecule has 0 bridgehead atoms. The Hall–Kier alpha value is -2.53. The van der Waals surface area contributed by atoms with E-state index in [1.165, 1.54) is 0 Å². The largest absolute Gasteiger partial charge is 0.497 e. The summed E-state index contributed by atoms with van der Waals surface area (Å²) in [6, 6.07) is 15.6. The number of amides is 2. The summed E-state index contributed by atoms with van der Waals surface area (Å²) in [4.78, 5) is 14.3. The Morgan fingerprint density at radius 3 is 2.88 bits per heavy atom. The van der Waals surface area contributed by atoms with Crippen molar-refractivity contribution in [3.8, 4) is 16.9 Å². The Balaban J connectivity index is 1.82. The van der Waals surface area contributed by atoms with E-state index >= 15 is 0 Å². The van der Waals surface area contributed by atoms with Gasteiger partial charge in [0.2, 0.25) is 0 Å². The molecule has 1 heterocycles. The molecule has 0 unspecified atom stereocenters. The molecule has 126 valence electrons. The monoisotopic (exact) mass is 325 g/mol. The molecule has 1 atom stereocenters. The summed E-state index contributed by atoms with van der Waals surface area (Å²) in [7, 11) is 1.65. The molecule has 1 aliphatic heterocycles. The fourth-order valence-electron chi connectivity index (χ4n) is 3.02. The van der Waals surface area contributed by atoms with Gasteiger partial charge in [-0.15, -0.1) is 0 Å². The van der Waals surface area contributed by atoms with E-state index in [1.807, 2.05) is 48.5 Å². The number of ether oxygens (including phenoxy) is 1. The standard InChI is InChI=1S/C19H23N3O2/c1-24-16-8-4-6-14(12-16)17-9-2-3-10-18(17)21-19(23)22-11-5-7-15(20)13-22/h2-4,6,8-10,12,15H,5,7,11,13,20H2,1H3,(H,21,23)/t15-/m1/s1. The van der Waals surface area contributed by atoms with Crippen molar-refractivity contribution >= 4 is 11.7 Å². The number of hydrogen-bond donors (Lipinski definition) is 2. The number of anilines is 1.